The molecule has 2 N–H and O–H groups in total. The minimum Gasteiger partial charge on any atom is -0.350 e. The zero-order valence-corrected chi connectivity index (χ0v) is 12.8. The van der Waals surface area contributed by atoms with Crippen molar-refractivity contribution in [2.75, 3.05) is 6.54 Å². The first-order chi connectivity index (χ1) is 10.5. The molecular formula is C16H21N3O3. The molecule has 0 spiro atoms. The van der Waals surface area contributed by atoms with E-state index in [1.54, 1.807) is 0 Å². The van der Waals surface area contributed by atoms with Gasteiger partial charge < -0.3 is 10.6 Å². The molecule has 0 bridgehead atoms. The lowest BCUT2D eigenvalue weighted by Crippen LogP contribution is -2.41. The van der Waals surface area contributed by atoms with Gasteiger partial charge >= 0.3 is 6.03 Å². The molecule has 1 saturated heterocycles. The Balaban J connectivity index is 1.86. The van der Waals surface area contributed by atoms with Crippen molar-refractivity contribution >= 4 is 17.8 Å². The van der Waals surface area contributed by atoms with Gasteiger partial charge in [0.25, 0.3) is 5.91 Å². The number of rotatable bonds is 6. The van der Waals surface area contributed by atoms with E-state index >= 15 is 0 Å². The van der Waals surface area contributed by atoms with Gasteiger partial charge in [0.05, 0.1) is 0 Å². The molecule has 118 valence electrons. The smallest absolute Gasteiger partial charge is 0.325 e. The second-order valence-corrected chi connectivity index (χ2v) is 5.82. The highest BCUT2D eigenvalue weighted by Crippen LogP contribution is 2.13. The summed E-state index contributed by atoms with van der Waals surface area (Å²) in [6, 6.07) is 8.44. The van der Waals surface area contributed by atoms with Crippen LogP contribution in [0.25, 0.3) is 0 Å². The number of hydrogen-bond donors (Lipinski definition) is 2. The molecule has 0 aromatic heterocycles. The summed E-state index contributed by atoms with van der Waals surface area (Å²) in [5.74, 6) is -0.382. The number of urea groups is 1. The number of imide groups is 1. The molecule has 22 heavy (non-hydrogen) atoms. The third-order valence-corrected chi connectivity index (χ3v) is 3.45. The Labute approximate surface area is 129 Å². The van der Waals surface area contributed by atoms with Crippen molar-refractivity contribution in [3.63, 3.8) is 0 Å². The molecule has 1 heterocycles. The second kappa shape index (κ2) is 7.06. The molecule has 2 rings (SSSR count). The van der Waals surface area contributed by atoms with E-state index in [1.165, 1.54) is 0 Å². The van der Waals surface area contributed by atoms with Crippen LogP contribution in [-0.4, -0.2) is 35.3 Å². The molecule has 0 aliphatic carbocycles. The van der Waals surface area contributed by atoms with Gasteiger partial charge in [-0.2, -0.15) is 0 Å². The van der Waals surface area contributed by atoms with Crippen molar-refractivity contribution in [1.29, 1.82) is 0 Å². The summed E-state index contributed by atoms with van der Waals surface area (Å²) in [4.78, 5) is 36.8. The van der Waals surface area contributed by atoms with Gasteiger partial charge in [-0.15, -0.1) is 0 Å². The Morgan fingerprint density at radius 3 is 2.59 bits per heavy atom. The van der Waals surface area contributed by atoms with E-state index in [0.717, 1.165) is 10.5 Å². The zero-order valence-electron chi connectivity index (χ0n) is 12.8. The molecule has 6 nitrogen and oxygen atoms in total. The number of benzene rings is 1. The fraction of sp³-hybridized carbons (Fsp3) is 0.438. The lowest BCUT2D eigenvalue weighted by molar-refractivity contribution is -0.132. The third kappa shape index (κ3) is 4.07. The van der Waals surface area contributed by atoms with Gasteiger partial charge in [-0.25, -0.2) is 4.79 Å². The average Bonchev–Trinajstić information content (AvgIpc) is 2.73. The lowest BCUT2D eigenvalue weighted by atomic mass is 10.0. The average molecular weight is 303 g/mol. The van der Waals surface area contributed by atoms with Crippen LogP contribution in [0.1, 0.15) is 25.8 Å². The van der Waals surface area contributed by atoms with Crippen LogP contribution in [-0.2, 0) is 16.1 Å². The number of amides is 4. The summed E-state index contributed by atoms with van der Waals surface area (Å²) in [5.41, 5.74) is 0.964. The van der Waals surface area contributed by atoms with E-state index in [9.17, 15) is 14.4 Å². The highest BCUT2D eigenvalue weighted by molar-refractivity contribution is 6.06. The molecule has 0 unspecified atom stereocenters. The Morgan fingerprint density at radius 2 is 1.95 bits per heavy atom. The Bertz CT molecular complexity index is 557. The Kier molecular flexibility index (Phi) is 5.14. The Morgan fingerprint density at radius 1 is 1.27 bits per heavy atom. The van der Waals surface area contributed by atoms with Crippen LogP contribution in [0.15, 0.2) is 30.3 Å². The summed E-state index contributed by atoms with van der Waals surface area (Å²) >= 11 is 0. The van der Waals surface area contributed by atoms with E-state index in [2.05, 4.69) is 10.6 Å². The van der Waals surface area contributed by atoms with Crippen molar-refractivity contribution < 1.29 is 14.4 Å². The quantitative estimate of drug-likeness (QED) is 0.777. The van der Waals surface area contributed by atoms with Gasteiger partial charge in [-0.05, 0) is 17.9 Å². The molecule has 1 aromatic carbocycles. The van der Waals surface area contributed by atoms with Gasteiger partial charge in [0, 0.05) is 6.54 Å². The summed E-state index contributed by atoms with van der Waals surface area (Å²) in [6.07, 6.45) is 0.576. The molecule has 1 aromatic rings. The number of carbonyl (C=O) groups excluding carboxylic acids is 3. The van der Waals surface area contributed by atoms with Crippen molar-refractivity contribution in [3.8, 4) is 0 Å². The van der Waals surface area contributed by atoms with Crippen LogP contribution in [0.2, 0.25) is 0 Å². The molecule has 4 amide bonds. The monoisotopic (exact) mass is 303 g/mol. The largest absolute Gasteiger partial charge is 0.350 e. The summed E-state index contributed by atoms with van der Waals surface area (Å²) in [5, 5.41) is 5.33. The third-order valence-electron chi connectivity index (χ3n) is 3.45. The maximum Gasteiger partial charge on any atom is 0.325 e. The predicted octanol–water partition coefficient (Wildman–Crippen LogP) is 1.27. The first-order valence-electron chi connectivity index (χ1n) is 7.40. The van der Waals surface area contributed by atoms with E-state index in [0.29, 0.717) is 18.9 Å². The topological polar surface area (TPSA) is 78.5 Å². The highest BCUT2D eigenvalue weighted by Gasteiger charge is 2.38. The number of carbonyl (C=O) groups is 3. The van der Waals surface area contributed by atoms with Crippen LogP contribution >= 0.6 is 0 Å². The SMILES string of the molecule is CC(C)C[C@H]1NC(=O)N(CC(=O)NCc2ccccc2)C1=O. The molecule has 1 fully saturated rings. The van der Waals surface area contributed by atoms with E-state index in [4.69, 9.17) is 0 Å². The predicted molar refractivity (Wildman–Crippen MR) is 81.8 cm³/mol. The highest BCUT2D eigenvalue weighted by atomic mass is 16.2. The number of nitrogens with one attached hydrogen (secondary N) is 2. The van der Waals surface area contributed by atoms with Crippen LogP contribution in [0.5, 0.6) is 0 Å². The van der Waals surface area contributed by atoms with Crippen molar-refractivity contribution in [2.45, 2.75) is 32.9 Å². The van der Waals surface area contributed by atoms with E-state index in [-0.39, 0.29) is 18.4 Å². The first-order valence-corrected chi connectivity index (χ1v) is 7.40. The summed E-state index contributed by atoms with van der Waals surface area (Å²) in [7, 11) is 0. The van der Waals surface area contributed by atoms with Gasteiger partial charge in [-0.1, -0.05) is 44.2 Å². The first kappa shape index (κ1) is 16.0. The van der Waals surface area contributed by atoms with Crippen molar-refractivity contribution in [3.05, 3.63) is 35.9 Å². The fourth-order valence-corrected chi connectivity index (χ4v) is 2.35. The Hall–Kier alpha value is -2.37. The molecule has 0 radical (unpaired) electrons. The van der Waals surface area contributed by atoms with Crippen molar-refractivity contribution in [1.82, 2.24) is 15.5 Å². The van der Waals surface area contributed by atoms with Crippen LogP contribution < -0.4 is 10.6 Å². The number of nitrogens with zero attached hydrogens (tertiary/aromatic N) is 1. The molecule has 1 aliphatic rings. The maximum absolute atomic E-state index is 12.1. The lowest BCUT2D eigenvalue weighted by Gasteiger charge is -2.13. The minimum absolute atomic E-state index is 0.244. The van der Waals surface area contributed by atoms with Crippen molar-refractivity contribution in [2.24, 2.45) is 5.92 Å². The molecule has 1 atom stereocenters. The van der Waals surface area contributed by atoms with Crippen LogP contribution in [0, 0.1) is 5.92 Å². The summed E-state index contributed by atoms with van der Waals surface area (Å²) < 4.78 is 0. The normalized spacial score (nSPS) is 17.8. The molecular weight excluding hydrogens is 282 g/mol. The van der Waals surface area contributed by atoms with E-state index in [1.807, 2.05) is 44.2 Å². The van der Waals surface area contributed by atoms with Gasteiger partial charge in [0.1, 0.15) is 12.6 Å². The minimum atomic E-state index is -0.519. The molecule has 0 saturated carbocycles. The zero-order chi connectivity index (χ0) is 16.1. The van der Waals surface area contributed by atoms with Crippen LogP contribution in [0.3, 0.4) is 0 Å². The fourth-order valence-electron chi connectivity index (χ4n) is 2.35. The number of hydrogen-bond acceptors (Lipinski definition) is 3. The van der Waals surface area contributed by atoms with Gasteiger partial charge in [-0.3, -0.25) is 14.5 Å². The molecule has 6 heteroatoms. The van der Waals surface area contributed by atoms with E-state index < -0.39 is 12.1 Å². The standard InChI is InChI=1S/C16H21N3O3/c1-11(2)8-13-15(21)19(16(22)18-13)10-14(20)17-9-12-6-4-3-5-7-12/h3-7,11,13H,8-10H2,1-2H3,(H,17,20)(H,18,22)/t13-/m1/s1. The summed E-state index contributed by atoms with van der Waals surface area (Å²) in [6.45, 7) is 4.09. The van der Waals surface area contributed by atoms with Crippen LogP contribution in [0.4, 0.5) is 4.79 Å². The molecule has 1 aliphatic heterocycles. The van der Waals surface area contributed by atoms with Gasteiger partial charge in [0.15, 0.2) is 0 Å². The van der Waals surface area contributed by atoms with Gasteiger partial charge in [0.2, 0.25) is 5.91 Å². The second-order valence-electron chi connectivity index (χ2n) is 5.82. The maximum atomic E-state index is 12.1.